The molecule has 304 valence electrons. The highest BCUT2D eigenvalue weighted by Gasteiger charge is 2.22. The summed E-state index contributed by atoms with van der Waals surface area (Å²) in [5, 5.41) is 10.1. The molecule has 10 aromatic rings. The molecule has 0 aromatic heterocycles. The zero-order valence-electron chi connectivity index (χ0n) is 36.1. The third-order valence-electron chi connectivity index (χ3n) is 13.1. The Bertz CT molecular complexity index is 3260. The molecule has 0 spiro atoms. The van der Waals surface area contributed by atoms with E-state index in [9.17, 15) is 0 Å². The Hall–Kier alpha value is -7.42. The smallest absolute Gasteiger partial charge is 0.0540 e. The number of nitrogens with zero attached hydrogens (tertiary/aromatic N) is 2. The fourth-order valence-corrected chi connectivity index (χ4v) is 9.91. The Morgan fingerprint density at radius 3 is 1.22 bits per heavy atom. The van der Waals surface area contributed by atoms with Crippen molar-refractivity contribution in [2.75, 3.05) is 9.80 Å². The van der Waals surface area contributed by atoms with E-state index >= 15 is 0 Å². The van der Waals surface area contributed by atoms with Gasteiger partial charge in [0.2, 0.25) is 0 Å². The summed E-state index contributed by atoms with van der Waals surface area (Å²) < 4.78 is 0. The van der Waals surface area contributed by atoms with Gasteiger partial charge in [0.05, 0.1) is 11.4 Å². The molecule has 0 atom stereocenters. The monoisotopic (exact) mass is 810 g/mol. The van der Waals surface area contributed by atoms with E-state index in [2.05, 4.69) is 230 Å². The van der Waals surface area contributed by atoms with Gasteiger partial charge in [-0.2, -0.15) is 0 Å². The van der Waals surface area contributed by atoms with E-state index in [0.29, 0.717) is 0 Å². The predicted molar refractivity (Wildman–Crippen MR) is 273 cm³/mol. The van der Waals surface area contributed by atoms with Crippen LogP contribution in [0.2, 0.25) is 0 Å². The third kappa shape index (κ3) is 7.32. The van der Waals surface area contributed by atoms with Crippen LogP contribution < -0.4 is 9.80 Å². The van der Waals surface area contributed by atoms with Crippen LogP contribution in [0.5, 0.6) is 0 Å². The second-order valence-corrected chi connectivity index (χ2v) is 17.4. The largest absolute Gasteiger partial charge is 0.310 e. The number of fused-ring (bicyclic) bond motifs is 2. The van der Waals surface area contributed by atoms with Crippen LogP contribution in [0.4, 0.5) is 34.1 Å². The molecule has 1 saturated carbocycles. The summed E-state index contributed by atoms with van der Waals surface area (Å²) in [5.74, 6) is 0. The minimum Gasteiger partial charge on any atom is -0.310 e. The number of rotatable bonds is 9. The van der Waals surface area contributed by atoms with Gasteiger partial charge in [-0.05, 0) is 149 Å². The number of aryl methyl sites for hydroxylation is 2. The highest BCUT2D eigenvalue weighted by molar-refractivity contribution is 6.35. The van der Waals surface area contributed by atoms with E-state index in [1.54, 1.807) is 5.57 Å². The van der Waals surface area contributed by atoms with E-state index in [1.807, 2.05) is 0 Å². The lowest BCUT2D eigenvalue weighted by Crippen LogP contribution is -2.11. The van der Waals surface area contributed by atoms with Crippen LogP contribution in [-0.4, -0.2) is 0 Å². The molecule has 1 aliphatic carbocycles. The summed E-state index contributed by atoms with van der Waals surface area (Å²) in [5.41, 5.74) is 14.6. The molecule has 10 aromatic carbocycles. The molecule has 0 saturated heterocycles. The molecule has 0 N–H and O–H groups in total. The molecular formula is C61H50N2. The van der Waals surface area contributed by atoms with Gasteiger partial charge in [-0.1, -0.05) is 169 Å². The maximum Gasteiger partial charge on any atom is 0.0540 e. The van der Waals surface area contributed by atoms with Gasteiger partial charge in [-0.3, -0.25) is 0 Å². The first-order valence-electron chi connectivity index (χ1n) is 22.5. The molecule has 0 radical (unpaired) electrons. The molecule has 63 heavy (non-hydrogen) atoms. The van der Waals surface area contributed by atoms with Gasteiger partial charge in [0.25, 0.3) is 0 Å². The third-order valence-corrected chi connectivity index (χ3v) is 13.1. The van der Waals surface area contributed by atoms with Gasteiger partial charge in [0.15, 0.2) is 0 Å². The van der Waals surface area contributed by atoms with E-state index in [-0.39, 0.29) is 0 Å². The second kappa shape index (κ2) is 16.5. The van der Waals surface area contributed by atoms with Crippen molar-refractivity contribution >= 4 is 95.4 Å². The Labute approximate surface area is 371 Å². The normalized spacial score (nSPS) is 13.1. The first-order valence-corrected chi connectivity index (χ1v) is 22.5. The van der Waals surface area contributed by atoms with Gasteiger partial charge in [0.1, 0.15) is 0 Å². The number of hydrogen-bond donors (Lipinski definition) is 0. The number of anilines is 6. The minimum atomic E-state index is 1.12. The van der Waals surface area contributed by atoms with Crippen LogP contribution in [0.25, 0.3) is 61.3 Å². The molecule has 11 rings (SSSR count). The van der Waals surface area contributed by atoms with Crippen LogP contribution in [0, 0.1) is 13.8 Å². The number of benzene rings is 10. The Kier molecular flexibility index (Phi) is 10.1. The Balaban J connectivity index is 1.00. The van der Waals surface area contributed by atoms with Crippen molar-refractivity contribution in [1.82, 2.24) is 0 Å². The van der Waals surface area contributed by atoms with Crippen LogP contribution in [0.3, 0.4) is 0 Å². The summed E-state index contributed by atoms with van der Waals surface area (Å²) in [6.07, 6.45) is 13.4. The summed E-state index contributed by atoms with van der Waals surface area (Å²) >= 11 is 0. The lowest BCUT2D eigenvalue weighted by molar-refractivity contribution is 0.602. The van der Waals surface area contributed by atoms with Gasteiger partial charge in [0, 0.05) is 33.5 Å². The summed E-state index contributed by atoms with van der Waals surface area (Å²) in [6.45, 7) is 4.30. The van der Waals surface area contributed by atoms with Gasteiger partial charge in [-0.25, -0.2) is 0 Å². The van der Waals surface area contributed by atoms with Crippen LogP contribution in [0.15, 0.2) is 194 Å². The highest BCUT2D eigenvalue weighted by Crippen LogP contribution is 2.49. The number of para-hydroxylation sites is 1. The van der Waals surface area contributed by atoms with Crippen molar-refractivity contribution in [2.45, 2.75) is 46.0 Å². The van der Waals surface area contributed by atoms with Crippen LogP contribution in [-0.2, 0) is 0 Å². The maximum atomic E-state index is 2.42. The molecule has 2 nitrogen and oxygen atoms in total. The molecule has 0 unspecified atom stereocenters. The molecule has 0 aliphatic heterocycles. The topological polar surface area (TPSA) is 6.48 Å². The fraction of sp³-hybridized carbons (Fsp3) is 0.115. The standard InChI is InChI=1S/C61H50N2/c1-42-19-31-49(32-20-42)62(48-13-7-4-8-14-48)58-39-37-54-53-16-10-18-57-59(40-38-55(61(53)57)52-15-9-17-56(58)60(52)54)63(50-33-21-43(2)22-34-50)51-35-29-45(30-36-51)24-23-44-25-27-47(28-26-44)41-46-11-5-3-6-12-46/h4,7-10,13-41H,3,5-6,11-12H2,1-2H3/b24-23+. The van der Waals surface area contributed by atoms with Crippen molar-refractivity contribution in [2.24, 2.45) is 0 Å². The molecule has 0 bridgehead atoms. The van der Waals surface area contributed by atoms with Crippen molar-refractivity contribution in [3.63, 3.8) is 0 Å². The van der Waals surface area contributed by atoms with Gasteiger partial charge < -0.3 is 9.80 Å². The first-order chi connectivity index (χ1) is 31.1. The summed E-state index contributed by atoms with van der Waals surface area (Å²) in [6, 6.07) is 69.6. The average Bonchev–Trinajstić information content (AvgIpc) is 3.33. The zero-order chi connectivity index (χ0) is 42.3. The van der Waals surface area contributed by atoms with E-state index in [1.165, 1.54) is 109 Å². The molecule has 0 heterocycles. The quantitative estimate of drug-likeness (QED) is 0.0814. The SMILES string of the molecule is Cc1ccc(N(c2ccccc2)c2ccc3c4cccc5c(N(c6ccc(C)cc6)c6ccc(/C=C/c7ccc(C=C8CCCCC8)cc7)cc6)ccc(c6cccc2c63)c54)cc1. The van der Waals surface area contributed by atoms with Crippen molar-refractivity contribution in [3.8, 4) is 0 Å². The lowest BCUT2D eigenvalue weighted by Gasteiger charge is -2.29. The average molecular weight is 811 g/mol. The van der Waals surface area contributed by atoms with E-state index in [0.717, 1.165) is 28.4 Å². The summed E-state index contributed by atoms with van der Waals surface area (Å²) in [4.78, 5) is 4.82. The highest BCUT2D eigenvalue weighted by atomic mass is 15.1. The van der Waals surface area contributed by atoms with E-state index < -0.39 is 0 Å². The summed E-state index contributed by atoms with van der Waals surface area (Å²) in [7, 11) is 0. The molecule has 1 fully saturated rings. The fourth-order valence-electron chi connectivity index (χ4n) is 9.91. The first kappa shape index (κ1) is 38.5. The Morgan fingerprint density at radius 2 is 0.730 bits per heavy atom. The minimum absolute atomic E-state index is 1.12. The van der Waals surface area contributed by atoms with Gasteiger partial charge in [-0.15, -0.1) is 0 Å². The van der Waals surface area contributed by atoms with Gasteiger partial charge >= 0.3 is 0 Å². The van der Waals surface area contributed by atoms with Crippen molar-refractivity contribution in [1.29, 1.82) is 0 Å². The number of allylic oxidation sites excluding steroid dienone is 1. The predicted octanol–water partition coefficient (Wildman–Crippen LogP) is 17.8. The molecule has 0 amide bonds. The zero-order valence-corrected chi connectivity index (χ0v) is 36.1. The Morgan fingerprint density at radius 1 is 0.333 bits per heavy atom. The number of hydrogen-bond acceptors (Lipinski definition) is 2. The van der Waals surface area contributed by atoms with E-state index in [4.69, 9.17) is 0 Å². The van der Waals surface area contributed by atoms with Crippen molar-refractivity contribution < 1.29 is 0 Å². The van der Waals surface area contributed by atoms with Crippen molar-refractivity contribution in [3.05, 3.63) is 221 Å². The second-order valence-electron chi connectivity index (χ2n) is 17.4. The maximum absolute atomic E-state index is 2.42. The lowest BCUT2D eigenvalue weighted by atomic mass is 9.88. The van der Waals surface area contributed by atoms with Crippen LogP contribution >= 0.6 is 0 Å². The van der Waals surface area contributed by atoms with Crippen LogP contribution in [0.1, 0.15) is 59.9 Å². The molecule has 2 heteroatoms. The molecule has 1 aliphatic rings. The molecular weight excluding hydrogens is 761 g/mol.